The fourth-order valence-electron chi connectivity index (χ4n) is 3.80. The molecule has 5 aromatic rings. The maximum atomic E-state index is 12.8. The van der Waals surface area contributed by atoms with E-state index in [1.54, 1.807) is 23.6 Å². The first-order valence-electron chi connectivity index (χ1n) is 12.3. The molecule has 0 radical (unpaired) electrons. The molecule has 0 aliphatic rings. The molecule has 5 rings (SSSR count). The van der Waals surface area contributed by atoms with Crippen molar-refractivity contribution in [2.75, 3.05) is 0 Å². The van der Waals surface area contributed by atoms with E-state index in [1.165, 1.54) is 23.5 Å². The zero-order chi connectivity index (χ0) is 28.0. The van der Waals surface area contributed by atoms with Crippen LogP contribution in [0, 0.1) is 0 Å². The van der Waals surface area contributed by atoms with E-state index in [0.717, 1.165) is 29.0 Å². The lowest BCUT2D eigenvalue weighted by Gasteiger charge is -2.09. The van der Waals surface area contributed by atoms with Gasteiger partial charge in [0.2, 0.25) is 0 Å². The number of carbonyl (C=O) groups is 1. The van der Waals surface area contributed by atoms with Gasteiger partial charge in [0.25, 0.3) is 5.91 Å². The summed E-state index contributed by atoms with van der Waals surface area (Å²) in [7, 11) is 0. The first kappa shape index (κ1) is 27.0. The smallest absolute Gasteiger partial charge is 0.416 e. The number of thiazole rings is 1. The molecule has 4 aromatic carbocycles. The van der Waals surface area contributed by atoms with Crippen LogP contribution in [0.15, 0.2) is 109 Å². The van der Waals surface area contributed by atoms with E-state index in [2.05, 4.69) is 10.3 Å². The Balaban J connectivity index is 1.17. The van der Waals surface area contributed by atoms with Gasteiger partial charge in [0.05, 0.1) is 5.56 Å². The number of carbonyl (C=O) groups excluding carboxylic acids is 1. The van der Waals surface area contributed by atoms with Crippen molar-refractivity contribution in [2.45, 2.75) is 19.3 Å². The lowest BCUT2D eigenvalue weighted by Crippen LogP contribution is -2.23. The molecule has 0 aliphatic heterocycles. The SMILES string of the molecule is O=C(NCc1cccc(Oc2ccccc2)c1)c1csc(-c2cccc(OCc3ccc(C(F)(F)F)cc3)c2)n1. The lowest BCUT2D eigenvalue weighted by molar-refractivity contribution is -0.137. The van der Waals surface area contributed by atoms with Gasteiger partial charge in [-0.2, -0.15) is 13.2 Å². The summed E-state index contributed by atoms with van der Waals surface area (Å²) in [5.41, 5.74) is 1.86. The van der Waals surface area contributed by atoms with Crippen LogP contribution < -0.4 is 14.8 Å². The third-order valence-electron chi connectivity index (χ3n) is 5.83. The van der Waals surface area contributed by atoms with Gasteiger partial charge in [-0.1, -0.05) is 54.6 Å². The quantitative estimate of drug-likeness (QED) is 0.198. The summed E-state index contributed by atoms with van der Waals surface area (Å²) >= 11 is 1.33. The number of hydrogen-bond acceptors (Lipinski definition) is 5. The fourth-order valence-corrected chi connectivity index (χ4v) is 4.60. The molecule has 0 aliphatic carbocycles. The second-order valence-corrected chi connectivity index (χ2v) is 9.65. The molecule has 9 heteroatoms. The molecule has 1 N–H and O–H groups in total. The number of amides is 1. The van der Waals surface area contributed by atoms with E-state index in [-0.39, 0.29) is 12.5 Å². The van der Waals surface area contributed by atoms with E-state index < -0.39 is 11.7 Å². The van der Waals surface area contributed by atoms with E-state index in [4.69, 9.17) is 9.47 Å². The number of benzene rings is 4. The van der Waals surface area contributed by atoms with Crippen molar-refractivity contribution in [2.24, 2.45) is 0 Å². The Morgan fingerprint density at radius 2 is 1.52 bits per heavy atom. The second-order valence-electron chi connectivity index (χ2n) is 8.79. The van der Waals surface area contributed by atoms with Crippen molar-refractivity contribution in [3.63, 3.8) is 0 Å². The first-order chi connectivity index (χ1) is 19.3. The number of ether oxygens (including phenoxy) is 2. The molecule has 0 atom stereocenters. The Hall–Kier alpha value is -4.63. The summed E-state index contributed by atoms with van der Waals surface area (Å²) in [6.45, 7) is 0.426. The topological polar surface area (TPSA) is 60.5 Å². The maximum Gasteiger partial charge on any atom is 0.416 e. The fraction of sp³-hybridized carbons (Fsp3) is 0.0968. The van der Waals surface area contributed by atoms with Crippen molar-refractivity contribution < 1.29 is 27.4 Å². The van der Waals surface area contributed by atoms with Gasteiger partial charge in [0.15, 0.2) is 0 Å². The van der Waals surface area contributed by atoms with Gasteiger partial charge in [-0.15, -0.1) is 11.3 Å². The van der Waals surface area contributed by atoms with Crippen molar-refractivity contribution in [3.05, 3.63) is 131 Å². The molecular formula is C31H23F3N2O3S. The minimum atomic E-state index is -4.38. The van der Waals surface area contributed by atoms with Crippen LogP contribution >= 0.6 is 11.3 Å². The van der Waals surface area contributed by atoms with Crippen molar-refractivity contribution in [3.8, 4) is 27.8 Å². The number of hydrogen-bond donors (Lipinski definition) is 1. The molecule has 202 valence electrons. The molecule has 0 spiro atoms. The Kier molecular flexibility index (Phi) is 8.12. The lowest BCUT2D eigenvalue weighted by atomic mass is 10.1. The van der Waals surface area contributed by atoms with E-state index in [9.17, 15) is 18.0 Å². The minimum absolute atomic E-state index is 0.116. The average molecular weight is 561 g/mol. The Morgan fingerprint density at radius 3 is 2.30 bits per heavy atom. The van der Waals surface area contributed by atoms with Crippen LogP contribution in [0.2, 0.25) is 0 Å². The molecule has 1 aromatic heterocycles. The number of rotatable bonds is 9. The highest BCUT2D eigenvalue weighted by atomic mass is 32.1. The number of alkyl halides is 3. The van der Waals surface area contributed by atoms with Gasteiger partial charge >= 0.3 is 6.18 Å². The molecular weight excluding hydrogens is 537 g/mol. The number of para-hydroxylation sites is 1. The Morgan fingerprint density at radius 1 is 0.800 bits per heavy atom. The molecule has 0 saturated heterocycles. The van der Waals surface area contributed by atoms with E-state index in [0.29, 0.717) is 34.3 Å². The number of nitrogens with one attached hydrogen (secondary N) is 1. The first-order valence-corrected chi connectivity index (χ1v) is 13.2. The van der Waals surface area contributed by atoms with Crippen molar-refractivity contribution in [1.29, 1.82) is 0 Å². The van der Waals surface area contributed by atoms with Crippen LogP contribution in [-0.4, -0.2) is 10.9 Å². The molecule has 5 nitrogen and oxygen atoms in total. The number of aromatic nitrogens is 1. The number of nitrogens with zero attached hydrogens (tertiary/aromatic N) is 1. The molecule has 0 saturated carbocycles. The molecule has 0 bridgehead atoms. The predicted molar refractivity (Wildman–Crippen MR) is 147 cm³/mol. The summed E-state index contributed by atoms with van der Waals surface area (Å²) in [5.74, 6) is 1.64. The van der Waals surface area contributed by atoms with E-state index in [1.807, 2.05) is 60.7 Å². The highest BCUT2D eigenvalue weighted by Gasteiger charge is 2.29. The normalized spacial score (nSPS) is 11.2. The Labute approximate surface area is 232 Å². The Bertz CT molecular complexity index is 1590. The zero-order valence-electron chi connectivity index (χ0n) is 21.0. The van der Waals surface area contributed by atoms with Crippen LogP contribution in [0.25, 0.3) is 10.6 Å². The van der Waals surface area contributed by atoms with Crippen molar-refractivity contribution >= 4 is 17.2 Å². The van der Waals surface area contributed by atoms with Gasteiger partial charge in [-0.3, -0.25) is 4.79 Å². The summed E-state index contributed by atoms with van der Waals surface area (Å²) in [4.78, 5) is 17.2. The molecule has 40 heavy (non-hydrogen) atoms. The van der Waals surface area contributed by atoms with Crippen LogP contribution in [0.3, 0.4) is 0 Å². The maximum absolute atomic E-state index is 12.8. The number of halogens is 3. The average Bonchev–Trinajstić information content (AvgIpc) is 3.46. The standard InChI is InChI=1S/C31H23F3N2O3S/c32-31(33,34)24-14-12-21(13-15-24)19-38-26-10-5-7-23(17-26)30-36-28(20-40-30)29(37)35-18-22-6-4-11-27(16-22)39-25-8-2-1-3-9-25/h1-17,20H,18-19H2,(H,35,37). The summed E-state index contributed by atoms with van der Waals surface area (Å²) < 4.78 is 49.9. The van der Waals surface area contributed by atoms with E-state index >= 15 is 0 Å². The minimum Gasteiger partial charge on any atom is -0.489 e. The van der Waals surface area contributed by atoms with Crippen LogP contribution in [-0.2, 0) is 19.3 Å². The molecule has 0 fully saturated rings. The molecule has 1 amide bonds. The van der Waals surface area contributed by atoms with Gasteiger partial charge in [-0.05, 0) is 59.7 Å². The molecule has 0 unspecified atom stereocenters. The highest BCUT2D eigenvalue weighted by molar-refractivity contribution is 7.13. The zero-order valence-corrected chi connectivity index (χ0v) is 21.8. The molecule has 1 heterocycles. The van der Waals surface area contributed by atoms with Crippen LogP contribution in [0.4, 0.5) is 13.2 Å². The predicted octanol–water partition coefficient (Wildman–Crippen LogP) is 8.13. The summed E-state index contributed by atoms with van der Waals surface area (Å²) in [6, 6.07) is 29.0. The highest BCUT2D eigenvalue weighted by Crippen LogP contribution is 2.30. The summed E-state index contributed by atoms with van der Waals surface area (Å²) in [6.07, 6.45) is -4.38. The monoisotopic (exact) mass is 560 g/mol. The third kappa shape index (κ3) is 7.06. The van der Waals surface area contributed by atoms with Gasteiger partial charge in [-0.25, -0.2) is 4.98 Å². The summed E-state index contributed by atoms with van der Waals surface area (Å²) in [5, 5.41) is 5.22. The largest absolute Gasteiger partial charge is 0.489 e. The van der Waals surface area contributed by atoms with Gasteiger partial charge < -0.3 is 14.8 Å². The van der Waals surface area contributed by atoms with Crippen LogP contribution in [0.5, 0.6) is 17.2 Å². The van der Waals surface area contributed by atoms with Crippen LogP contribution in [0.1, 0.15) is 27.2 Å². The third-order valence-corrected chi connectivity index (χ3v) is 6.73. The van der Waals surface area contributed by atoms with Gasteiger partial charge in [0.1, 0.15) is 34.6 Å². The second kappa shape index (κ2) is 12.0. The van der Waals surface area contributed by atoms with Gasteiger partial charge in [0, 0.05) is 17.5 Å². The van der Waals surface area contributed by atoms with Crippen molar-refractivity contribution in [1.82, 2.24) is 10.3 Å².